The number of hydrogen-bond donors (Lipinski definition) is 0. The quantitative estimate of drug-likeness (QED) is 0.687. The summed E-state index contributed by atoms with van der Waals surface area (Å²) < 4.78 is 3.61. The summed E-state index contributed by atoms with van der Waals surface area (Å²) in [5.41, 5.74) is 1.26. The highest BCUT2D eigenvalue weighted by Crippen LogP contribution is 2.23. The van der Waals surface area contributed by atoms with Gasteiger partial charge < -0.3 is 4.57 Å². The molecule has 0 N–H and O–H groups in total. The molecule has 84 valence electrons. The molecular formula is C10H12N4OS. The topological polar surface area (TPSA) is 52.7 Å². The van der Waals surface area contributed by atoms with Crippen LogP contribution in [0.25, 0.3) is 11.2 Å². The summed E-state index contributed by atoms with van der Waals surface area (Å²) in [5.74, 6) is 1.84. The number of aryl methyl sites for hydroxylation is 2. The monoisotopic (exact) mass is 236 g/mol. The minimum absolute atomic E-state index is 0.0414. The minimum atomic E-state index is 0.0414. The van der Waals surface area contributed by atoms with Crippen molar-refractivity contribution in [3.05, 3.63) is 16.2 Å². The molecule has 0 aliphatic carbocycles. The molecule has 0 radical (unpaired) electrons. The second-order valence-electron chi connectivity index (χ2n) is 3.81. The third-order valence-electron chi connectivity index (χ3n) is 2.91. The molecule has 0 amide bonds. The van der Waals surface area contributed by atoms with E-state index in [1.54, 1.807) is 16.3 Å². The van der Waals surface area contributed by atoms with Crippen molar-refractivity contribution < 1.29 is 0 Å². The first-order valence-corrected chi connectivity index (χ1v) is 6.30. The Labute approximate surface area is 96.5 Å². The zero-order valence-electron chi connectivity index (χ0n) is 9.23. The Morgan fingerprint density at radius 2 is 2.25 bits per heavy atom. The molecular weight excluding hydrogens is 224 g/mol. The Morgan fingerprint density at radius 3 is 3.00 bits per heavy atom. The molecule has 0 atom stereocenters. The van der Waals surface area contributed by atoms with E-state index in [9.17, 15) is 4.79 Å². The van der Waals surface area contributed by atoms with Crippen LogP contribution in [0.2, 0.25) is 0 Å². The molecule has 0 unspecified atom stereocenters. The maximum absolute atomic E-state index is 12.2. The van der Waals surface area contributed by atoms with Crippen LogP contribution in [0.1, 0.15) is 12.7 Å². The fourth-order valence-corrected chi connectivity index (χ4v) is 3.00. The highest BCUT2D eigenvalue weighted by molar-refractivity contribution is 7.99. The molecule has 0 aromatic carbocycles. The van der Waals surface area contributed by atoms with E-state index >= 15 is 0 Å². The first-order valence-electron chi connectivity index (χ1n) is 5.31. The summed E-state index contributed by atoms with van der Waals surface area (Å²) in [7, 11) is 1.88. The Morgan fingerprint density at radius 1 is 1.44 bits per heavy atom. The van der Waals surface area contributed by atoms with Gasteiger partial charge in [-0.05, 0) is 0 Å². The molecule has 2 aromatic rings. The Hall–Kier alpha value is -1.30. The van der Waals surface area contributed by atoms with Crippen molar-refractivity contribution in [2.45, 2.75) is 25.0 Å². The van der Waals surface area contributed by atoms with Crippen LogP contribution in [0.3, 0.4) is 0 Å². The molecule has 0 fully saturated rings. The standard InChI is InChI=1S/C10H12N4OS/c1-3-6-11-8-7(13(6)2)9(15)14-4-5-16-10(14)12-8/h3-5H2,1-2H3. The number of rotatable bonds is 1. The van der Waals surface area contributed by atoms with E-state index in [1.807, 2.05) is 18.5 Å². The number of imidazole rings is 1. The molecule has 0 bridgehead atoms. The lowest BCUT2D eigenvalue weighted by atomic mass is 10.4. The van der Waals surface area contributed by atoms with E-state index in [4.69, 9.17) is 0 Å². The molecule has 0 saturated carbocycles. The van der Waals surface area contributed by atoms with Gasteiger partial charge in [-0.15, -0.1) is 0 Å². The predicted octanol–water partition coefficient (Wildman–Crippen LogP) is 0.798. The van der Waals surface area contributed by atoms with Crippen molar-refractivity contribution in [3.8, 4) is 0 Å². The molecule has 6 heteroatoms. The smallest absolute Gasteiger partial charge is 0.280 e. The van der Waals surface area contributed by atoms with Crippen LogP contribution in [0, 0.1) is 0 Å². The van der Waals surface area contributed by atoms with Crippen LogP contribution in [-0.2, 0) is 20.0 Å². The van der Waals surface area contributed by atoms with Gasteiger partial charge in [0.25, 0.3) is 5.56 Å². The molecule has 16 heavy (non-hydrogen) atoms. The van der Waals surface area contributed by atoms with Crippen molar-refractivity contribution in [1.29, 1.82) is 0 Å². The number of fused-ring (bicyclic) bond motifs is 2. The molecule has 3 rings (SSSR count). The lowest BCUT2D eigenvalue weighted by molar-refractivity contribution is 0.663. The van der Waals surface area contributed by atoms with Gasteiger partial charge in [-0.3, -0.25) is 9.36 Å². The molecule has 5 nitrogen and oxygen atoms in total. The maximum Gasteiger partial charge on any atom is 0.280 e. The summed E-state index contributed by atoms with van der Waals surface area (Å²) >= 11 is 1.62. The molecule has 1 aliphatic heterocycles. The van der Waals surface area contributed by atoms with Gasteiger partial charge in [0.05, 0.1) is 0 Å². The number of aromatic nitrogens is 4. The van der Waals surface area contributed by atoms with Crippen LogP contribution in [-0.4, -0.2) is 24.9 Å². The molecule has 1 aliphatic rings. The maximum atomic E-state index is 12.2. The summed E-state index contributed by atoms with van der Waals surface area (Å²) in [6.45, 7) is 2.79. The van der Waals surface area contributed by atoms with Crippen molar-refractivity contribution >= 4 is 22.9 Å². The molecule has 3 heterocycles. The summed E-state index contributed by atoms with van der Waals surface area (Å²) in [4.78, 5) is 21.1. The number of hydrogen-bond acceptors (Lipinski definition) is 4. The first-order chi connectivity index (χ1) is 7.72. The SMILES string of the molecule is CCc1nc2nc3n(c(=O)c2n1C)CCS3. The van der Waals surface area contributed by atoms with Gasteiger partial charge in [0.2, 0.25) is 0 Å². The first kappa shape index (κ1) is 9.89. The molecule has 2 aromatic heterocycles. The predicted molar refractivity (Wildman–Crippen MR) is 62.9 cm³/mol. The van der Waals surface area contributed by atoms with E-state index in [0.717, 1.165) is 29.7 Å². The summed E-state index contributed by atoms with van der Waals surface area (Å²) in [6.07, 6.45) is 0.814. The minimum Gasteiger partial charge on any atom is -0.325 e. The summed E-state index contributed by atoms with van der Waals surface area (Å²) in [5, 5.41) is 0.804. The van der Waals surface area contributed by atoms with Gasteiger partial charge in [-0.2, -0.15) is 0 Å². The average Bonchev–Trinajstić information content (AvgIpc) is 2.84. The van der Waals surface area contributed by atoms with Gasteiger partial charge in [0.1, 0.15) is 5.82 Å². The van der Waals surface area contributed by atoms with Crippen molar-refractivity contribution in [2.75, 3.05) is 5.75 Å². The highest BCUT2D eigenvalue weighted by Gasteiger charge is 2.20. The van der Waals surface area contributed by atoms with Crippen LogP contribution in [0.15, 0.2) is 9.95 Å². The number of thioether (sulfide) groups is 1. The van der Waals surface area contributed by atoms with Crippen molar-refractivity contribution in [1.82, 2.24) is 19.1 Å². The highest BCUT2D eigenvalue weighted by atomic mass is 32.2. The van der Waals surface area contributed by atoms with Crippen LogP contribution >= 0.6 is 11.8 Å². The zero-order valence-corrected chi connectivity index (χ0v) is 10.0. The Balaban J connectivity index is 2.44. The normalized spacial score (nSPS) is 14.6. The van der Waals surface area contributed by atoms with E-state index in [0.29, 0.717) is 11.2 Å². The Kier molecular flexibility index (Phi) is 2.07. The lowest BCUT2D eigenvalue weighted by Crippen LogP contribution is -2.22. The van der Waals surface area contributed by atoms with Gasteiger partial charge in [0, 0.05) is 25.8 Å². The van der Waals surface area contributed by atoms with Gasteiger partial charge in [-0.1, -0.05) is 18.7 Å². The van der Waals surface area contributed by atoms with Crippen LogP contribution < -0.4 is 5.56 Å². The van der Waals surface area contributed by atoms with E-state index < -0.39 is 0 Å². The second-order valence-corrected chi connectivity index (χ2v) is 4.87. The average molecular weight is 236 g/mol. The van der Waals surface area contributed by atoms with E-state index in [2.05, 4.69) is 9.97 Å². The third kappa shape index (κ3) is 1.16. The fourth-order valence-electron chi connectivity index (χ4n) is 2.06. The number of nitrogens with zero attached hydrogens (tertiary/aromatic N) is 4. The van der Waals surface area contributed by atoms with E-state index in [-0.39, 0.29) is 5.56 Å². The van der Waals surface area contributed by atoms with Crippen LogP contribution in [0.4, 0.5) is 0 Å². The van der Waals surface area contributed by atoms with Crippen molar-refractivity contribution in [3.63, 3.8) is 0 Å². The van der Waals surface area contributed by atoms with Gasteiger partial charge >= 0.3 is 0 Å². The second kappa shape index (κ2) is 3.35. The zero-order chi connectivity index (χ0) is 11.3. The third-order valence-corrected chi connectivity index (χ3v) is 3.87. The Bertz CT molecular complexity index is 628. The molecule has 0 spiro atoms. The van der Waals surface area contributed by atoms with Gasteiger partial charge in [0.15, 0.2) is 16.3 Å². The summed E-state index contributed by atoms with van der Waals surface area (Å²) in [6, 6.07) is 0. The van der Waals surface area contributed by atoms with E-state index in [1.165, 1.54) is 0 Å². The van der Waals surface area contributed by atoms with Gasteiger partial charge in [-0.25, -0.2) is 9.97 Å². The van der Waals surface area contributed by atoms with Crippen molar-refractivity contribution in [2.24, 2.45) is 7.05 Å². The lowest BCUT2D eigenvalue weighted by Gasteiger charge is -2.01. The van der Waals surface area contributed by atoms with Crippen LogP contribution in [0.5, 0.6) is 0 Å². The fraction of sp³-hybridized carbons (Fsp3) is 0.500. The largest absolute Gasteiger partial charge is 0.325 e. The molecule has 0 saturated heterocycles.